The topological polar surface area (TPSA) is 77.8 Å². The van der Waals surface area contributed by atoms with E-state index in [0.717, 1.165) is 15.6 Å². The van der Waals surface area contributed by atoms with Crippen molar-refractivity contribution in [2.75, 3.05) is 5.73 Å². The van der Waals surface area contributed by atoms with Crippen LogP contribution < -0.4 is 5.73 Å². The van der Waals surface area contributed by atoms with E-state index in [4.69, 9.17) is 10.3 Å². The molecule has 0 bridgehead atoms. The number of nitrogen functional groups attached to an aromatic ring is 1. The summed E-state index contributed by atoms with van der Waals surface area (Å²) in [4.78, 5) is 8.46. The van der Waals surface area contributed by atoms with E-state index in [1.54, 1.807) is 12.4 Å². The Kier molecular flexibility index (Phi) is 3.23. The fourth-order valence-corrected chi connectivity index (χ4v) is 2.26. The minimum Gasteiger partial charge on any atom is -0.397 e. The van der Waals surface area contributed by atoms with E-state index in [0.29, 0.717) is 23.0 Å². The van der Waals surface area contributed by atoms with E-state index in [1.165, 1.54) is 0 Å². The second-order valence-electron chi connectivity index (χ2n) is 4.31. The van der Waals surface area contributed by atoms with Gasteiger partial charge in [-0.1, -0.05) is 11.2 Å². The molecule has 0 amide bonds. The van der Waals surface area contributed by atoms with Crippen LogP contribution in [0.15, 0.2) is 45.7 Å². The number of rotatable bonds is 2. The third-order valence-electron chi connectivity index (χ3n) is 2.97. The zero-order valence-electron chi connectivity index (χ0n) is 10.7. The van der Waals surface area contributed by atoms with Gasteiger partial charge in [0.25, 0.3) is 5.89 Å². The Morgan fingerprint density at radius 2 is 2.05 bits per heavy atom. The Bertz CT molecular complexity index is 769. The number of aromatic nitrogens is 3. The van der Waals surface area contributed by atoms with Crippen LogP contribution in [0.1, 0.15) is 5.56 Å². The van der Waals surface area contributed by atoms with Gasteiger partial charge in [0, 0.05) is 22.4 Å². The van der Waals surface area contributed by atoms with E-state index >= 15 is 0 Å². The fraction of sp³-hybridized carbons (Fsp3) is 0.0714. The summed E-state index contributed by atoms with van der Waals surface area (Å²) in [5, 5.41) is 4.01. The van der Waals surface area contributed by atoms with Gasteiger partial charge in [-0.15, -0.1) is 0 Å². The molecular weight excluding hydrogens is 320 g/mol. The lowest BCUT2D eigenvalue weighted by atomic mass is 10.1. The molecule has 5 nitrogen and oxygen atoms in total. The highest BCUT2D eigenvalue weighted by molar-refractivity contribution is 9.10. The smallest absolute Gasteiger partial charge is 0.260 e. The standard InChI is InChI=1S/C14H11BrN4O/c1-8-7-17-6-5-9(8)13-18-14(20-19-13)10-3-2-4-11(15)12(10)16/h2-7H,16H2,1H3. The minimum absolute atomic E-state index is 0.398. The Morgan fingerprint density at radius 1 is 1.20 bits per heavy atom. The van der Waals surface area contributed by atoms with E-state index in [2.05, 4.69) is 31.1 Å². The van der Waals surface area contributed by atoms with Crippen LogP contribution in [-0.4, -0.2) is 15.1 Å². The van der Waals surface area contributed by atoms with Crippen LogP contribution in [0, 0.1) is 6.92 Å². The van der Waals surface area contributed by atoms with Gasteiger partial charge < -0.3 is 10.3 Å². The van der Waals surface area contributed by atoms with Gasteiger partial charge in [-0.05, 0) is 46.6 Å². The Balaban J connectivity index is 2.07. The highest BCUT2D eigenvalue weighted by Crippen LogP contribution is 2.31. The third-order valence-corrected chi connectivity index (χ3v) is 3.66. The summed E-state index contributed by atoms with van der Waals surface area (Å²) in [6.45, 7) is 1.95. The molecule has 20 heavy (non-hydrogen) atoms. The quantitative estimate of drug-likeness (QED) is 0.728. The number of pyridine rings is 1. The summed E-state index contributed by atoms with van der Waals surface area (Å²) >= 11 is 3.38. The highest BCUT2D eigenvalue weighted by atomic mass is 79.9. The number of hydrogen-bond donors (Lipinski definition) is 1. The van der Waals surface area contributed by atoms with Gasteiger partial charge >= 0.3 is 0 Å². The maximum atomic E-state index is 6.01. The SMILES string of the molecule is Cc1cnccc1-c1noc(-c2cccc(Br)c2N)n1. The monoisotopic (exact) mass is 330 g/mol. The van der Waals surface area contributed by atoms with Crippen LogP contribution >= 0.6 is 15.9 Å². The second kappa shape index (κ2) is 5.05. The van der Waals surface area contributed by atoms with Crippen molar-refractivity contribution in [3.63, 3.8) is 0 Å². The van der Waals surface area contributed by atoms with Crippen molar-refractivity contribution < 1.29 is 4.52 Å². The van der Waals surface area contributed by atoms with Gasteiger partial charge in [-0.3, -0.25) is 4.98 Å². The molecule has 0 saturated carbocycles. The third kappa shape index (κ3) is 2.18. The van der Waals surface area contributed by atoms with Crippen molar-refractivity contribution >= 4 is 21.6 Å². The lowest BCUT2D eigenvalue weighted by Gasteiger charge is -2.02. The minimum atomic E-state index is 0.398. The summed E-state index contributed by atoms with van der Waals surface area (Å²) in [5.41, 5.74) is 9.18. The van der Waals surface area contributed by atoms with Crippen molar-refractivity contribution in [2.24, 2.45) is 0 Å². The normalized spacial score (nSPS) is 10.7. The summed E-state index contributed by atoms with van der Waals surface area (Å²) in [5.74, 6) is 0.925. The van der Waals surface area contributed by atoms with Gasteiger partial charge in [0.15, 0.2) is 0 Å². The van der Waals surface area contributed by atoms with Crippen LogP contribution in [0.2, 0.25) is 0 Å². The van der Waals surface area contributed by atoms with Gasteiger partial charge in [-0.25, -0.2) is 0 Å². The molecule has 0 aliphatic heterocycles. The number of anilines is 1. The summed E-state index contributed by atoms with van der Waals surface area (Å²) in [6.07, 6.45) is 3.46. The molecule has 0 aliphatic carbocycles. The molecule has 6 heteroatoms. The fourth-order valence-electron chi connectivity index (χ4n) is 1.89. The van der Waals surface area contributed by atoms with Crippen molar-refractivity contribution in [3.8, 4) is 22.8 Å². The molecule has 0 aliphatic rings. The lowest BCUT2D eigenvalue weighted by Crippen LogP contribution is -1.91. The van der Waals surface area contributed by atoms with Gasteiger partial charge in [0.2, 0.25) is 5.82 Å². The Morgan fingerprint density at radius 3 is 2.85 bits per heavy atom. The molecule has 3 rings (SSSR count). The number of para-hydroxylation sites is 1. The Labute approximate surface area is 124 Å². The average Bonchev–Trinajstić information content (AvgIpc) is 2.92. The first-order valence-electron chi connectivity index (χ1n) is 5.96. The largest absolute Gasteiger partial charge is 0.397 e. The van der Waals surface area contributed by atoms with Gasteiger partial charge in [0.1, 0.15) is 0 Å². The van der Waals surface area contributed by atoms with Crippen molar-refractivity contribution in [3.05, 3.63) is 46.7 Å². The summed E-state index contributed by atoms with van der Waals surface area (Å²) in [7, 11) is 0. The number of hydrogen-bond acceptors (Lipinski definition) is 5. The van der Waals surface area contributed by atoms with E-state index in [1.807, 2.05) is 31.2 Å². The number of benzene rings is 1. The molecule has 2 heterocycles. The first-order valence-corrected chi connectivity index (χ1v) is 6.75. The molecule has 0 atom stereocenters. The predicted molar refractivity (Wildman–Crippen MR) is 79.8 cm³/mol. The molecule has 0 unspecified atom stereocenters. The van der Waals surface area contributed by atoms with Crippen molar-refractivity contribution in [1.82, 2.24) is 15.1 Å². The average molecular weight is 331 g/mol. The molecule has 0 saturated heterocycles. The van der Waals surface area contributed by atoms with Gasteiger partial charge in [-0.2, -0.15) is 4.98 Å². The molecular formula is C14H11BrN4O. The molecule has 3 aromatic rings. The van der Waals surface area contributed by atoms with E-state index in [-0.39, 0.29) is 0 Å². The van der Waals surface area contributed by atoms with E-state index in [9.17, 15) is 0 Å². The highest BCUT2D eigenvalue weighted by Gasteiger charge is 2.15. The molecule has 2 N–H and O–H groups in total. The van der Waals surface area contributed by atoms with Crippen LogP contribution in [0.4, 0.5) is 5.69 Å². The molecule has 0 radical (unpaired) electrons. The predicted octanol–water partition coefficient (Wildman–Crippen LogP) is 3.45. The van der Waals surface area contributed by atoms with Crippen LogP contribution in [0.5, 0.6) is 0 Å². The van der Waals surface area contributed by atoms with Crippen molar-refractivity contribution in [2.45, 2.75) is 6.92 Å². The summed E-state index contributed by atoms with van der Waals surface area (Å²) < 4.78 is 6.11. The van der Waals surface area contributed by atoms with Gasteiger partial charge in [0.05, 0.1) is 11.3 Å². The molecule has 100 valence electrons. The number of nitrogens with two attached hydrogens (primary N) is 1. The number of halogens is 1. The van der Waals surface area contributed by atoms with Crippen LogP contribution in [-0.2, 0) is 0 Å². The maximum Gasteiger partial charge on any atom is 0.260 e. The van der Waals surface area contributed by atoms with E-state index < -0.39 is 0 Å². The van der Waals surface area contributed by atoms with Crippen LogP contribution in [0.25, 0.3) is 22.8 Å². The Hall–Kier alpha value is -2.21. The number of aryl methyl sites for hydroxylation is 1. The first kappa shape index (κ1) is 12.8. The first-order chi connectivity index (χ1) is 9.66. The lowest BCUT2D eigenvalue weighted by molar-refractivity contribution is 0.432. The maximum absolute atomic E-state index is 6.01. The molecule has 2 aromatic heterocycles. The van der Waals surface area contributed by atoms with Crippen LogP contribution in [0.3, 0.4) is 0 Å². The second-order valence-corrected chi connectivity index (χ2v) is 5.17. The molecule has 1 aromatic carbocycles. The van der Waals surface area contributed by atoms with Crippen molar-refractivity contribution in [1.29, 1.82) is 0 Å². The zero-order chi connectivity index (χ0) is 14.1. The zero-order valence-corrected chi connectivity index (χ0v) is 12.3. The summed E-state index contributed by atoms with van der Waals surface area (Å²) in [6, 6.07) is 7.44. The number of nitrogens with zero attached hydrogens (tertiary/aromatic N) is 3. The molecule has 0 spiro atoms. The molecule has 0 fully saturated rings.